The molecule has 0 saturated carbocycles. The number of para-hydroxylation sites is 1. The maximum atomic E-state index is 12.3. The van der Waals surface area contributed by atoms with Gasteiger partial charge in [0, 0.05) is 28.6 Å². The monoisotopic (exact) mass is 398 g/mol. The van der Waals surface area contributed by atoms with E-state index in [2.05, 4.69) is 21.9 Å². The largest absolute Gasteiger partial charge is 0.362 e. The molecule has 138 valence electrons. The maximum absolute atomic E-state index is 12.3. The smallest absolute Gasteiger partial charge is 0.289 e. The van der Waals surface area contributed by atoms with E-state index in [1.165, 1.54) is 16.9 Å². The number of carbonyl (C=O) groups excluding carboxylic acids is 2. The first-order valence-electron chi connectivity index (χ1n) is 8.61. The Hall–Kier alpha value is -2.71. The lowest BCUT2D eigenvalue weighted by Gasteiger charge is -2.30. The van der Waals surface area contributed by atoms with Crippen LogP contribution in [0.5, 0.6) is 0 Å². The minimum atomic E-state index is -0.417. The van der Waals surface area contributed by atoms with Crippen molar-refractivity contribution in [2.45, 2.75) is 12.8 Å². The molecule has 8 heteroatoms. The summed E-state index contributed by atoms with van der Waals surface area (Å²) in [7, 11) is 0. The van der Waals surface area contributed by atoms with Crippen LogP contribution in [0.4, 0.5) is 5.69 Å². The third kappa shape index (κ3) is 4.01. The van der Waals surface area contributed by atoms with Crippen LogP contribution in [0.1, 0.15) is 22.5 Å². The molecule has 3 heterocycles. The van der Waals surface area contributed by atoms with Crippen molar-refractivity contribution >= 4 is 40.2 Å². The average molecular weight is 399 g/mol. The van der Waals surface area contributed by atoms with E-state index in [-0.39, 0.29) is 12.5 Å². The van der Waals surface area contributed by atoms with Crippen molar-refractivity contribution < 1.29 is 9.59 Å². The highest BCUT2D eigenvalue weighted by Crippen LogP contribution is 2.26. The standard InChI is InChI=1S/C19H18N4O2S2/c24-17(10-23-8-3-5-13-4-1-2-6-16(13)23)21-22-18(25)15-12-27-19(20-15)14-7-9-26-11-14/h1-2,4,6-7,9,11-12H,3,5,8,10H2,(H,21,24)(H,22,25). The van der Waals surface area contributed by atoms with Crippen molar-refractivity contribution in [1.29, 1.82) is 0 Å². The number of thiazole rings is 1. The van der Waals surface area contributed by atoms with Gasteiger partial charge in [0.15, 0.2) is 0 Å². The third-order valence-electron chi connectivity index (χ3n) is 4.36. The molecule has 0 spiro atoms. The first-order valence-corrected chi connectivity index (χ1v) is 10.4. The molecule has 0 bridgehead atoms. The molecule has 0 saturated heterocycles. The Morgan fingerprint density at radius 2 is 2.04 bits per heavy atom. The first kappa shape index (κ1) is 17.7. The van der Waals surface area contributed by atoms with Gasteiger partial charge in [0.2, 0.25) is 0 Å². The Morgan fingerprint density at radius 3 is 2.89 bits per heavy atom. The molecule has 4 rings (SSSR count). The number of hydrogen-bond donors (Lipinski definition) is 2. The van der Waals surface area contributed by atoms with E-state index in [9.17, 15) is 9.59 Å². The van der Waals surface area contributed by atoms with E-state index in [4.69, 9.17) is 0 Å². The summed E-state index contributed by atoms with van der Waals surface area (Å²) in [5, 5.41) is 6.43. The van der Waals surface area contributed by atoms with Gasteiger partial charge < -0.3 is 4.90 Å². The van der Waals surface area contributed by atoms with Gasteiger partial charge in [0.05, 0.1) is 6.54 Å². The molecular formula is C19H18N4O2S2. The molecule has 3 aromatic rings. The van der Waals surface area contributed by atoms with Crippen LogP contribution in [0.3, 0.4) is 0 Å². The number of anilines is 1. The molecule has 1 aliphatic rings. The number of hydrogen-bond acceptors (Lipinski definition) is 6. The Balaban J connectivity index is 1.33. The van der Waals surface area contributed by atoms with Crippen molar-refractivity contribution in [3.05, 3.63) is 57.7 Å². The fourth-order valence-corrected chi connectivity index (χ4v) is 4.59. The molecule has 27 heavy (non-hydrogen) atoms. The molecule has 2 aromatic heterocycles. The van der Waals surface area contributed by atoms with Crippen molar-refractivity contribution in [3.63, 3.8) is 0 Å². The van der Waals surface area contributed by atoms with Crippen molar-refractivity contribution in [3.8, 4) is 10.6 Å². The molecule has 6 nitrogen and oxygen atoms in total. The third-order valence-corrected chi connectivity index (χ3v) is 5.94. The van der Waals surface area contributed by atoms with E-state index in [0.29, 0.717) is 5.69 Å². The number of nitrogens with zero attached hydrogens (tertiary/aromatic N) is 2. The van der Waals surface area contributed by atoms with Crippen LogP contribution in [-0.4, -0.2) is 29.9 Å². The number of nitrogens with one attached hydrogen (secondary N) is 2. The fraction of sp³-hybridized carbons (Fsp3) is 0.211. The van der Waals surface area contributed by atoms with Crippen LogP contribution >= 0.6 is 22.7 Å². The quantitative estimate of drug-likeness (QED) is 0.663. The van der Waals surface area contributed by atoms with Gasteiger partial charge >= 0.3 is 0 Å². The topological polar surface area (TPSA) is 74.3 Å². The lowest BCUT2D eigenvalue weighted by molar-refractivity contribution is -0.120. The molecule has 0 fully saturated rings. The minimum Gasteiger partial charge on any atom is -0.362 e. The number of fused-ring (bicyclic) bond motifs is 1. The molecule has 2 amide bonds. The van der Waals surface area contributed by atoms with Gasteiger partial charge in [0.25, 0.3) is 11.8 Å². The second kappa shape index (κ2) is 7.89. The molecule has 1 aliphatic heterocycles. The summed E-state index contributed by atoms with van der Waals surface area (Å²) in [6.07, 6.45) is 2.04. The number of hydrazine groups is 1. The number of benzene rings is 1. The minimum absolute atomic E-state index is 0.203. The zero-order chi connectivity index (χ0) is 18.6. The molecule has 2 N–H and O–H groups in total. The van der Waals surface area contributed by atoms with Crippen LogP contribution in [0, 0.1) is 0 Å². The second-order valence-electron chi connectivity index (χ2n) is 6.21. The van der Waals surface area contributed by atoms with E-state index in [1.807, 2.05) is 39.9 Å². The van der Waals surface area contributed by atoms with Crippen molar-refractivity contribution in [2.24, 2.45) is 0 Å². The van der Waals surface area contributed by atoms with Crippen molar-refractivity contribution in [2.75, 3.05) is 18.0 Å². The maximum Gasteiger partial charge on any atom is 0.289 e. The number of amides is 2. The zero-order valence-electron chi connectivity index (χ0n) is 14.5. The fourth-order valence-electron chi connectivity index (χ4n) is 3.08. The van der Waals surface area contributed by atoms with E-state index in [1.54, 1.807) is 16.7 Å². The first-order chi connectivity index (χ1) is 13.2. The van der Waals surface area contributed by atoms with Gasteiger partial charge in [-0.1, -0.05) is 18.2 Å². The Labute approximate surface area is 164 Å². The average Bonchev–Trinajstić information content (AvgIpc) is 3.38. The summed E-state index contributed by atoms with van der Waals surface area (Å²) < 4.78 is 0. The Bertz CT molecular complexity index is 952. The van der Waals surface area contributed by atoms with Gasteiger partial charge in [-0.05, 0) is 35.9 Å². The van der Waals surface area contributed by atoms with E-state index in [0.717, 1.165) is 35.6 Å². The number of aryl methyl sites for hydroxylation is 1. The van der Waals surface area contributed by atoms with Crippen LogP contribution in [0.2, 0.25) is 0 Å². The molecular weight excluding hydrogens is 380 g/mol. The summed E-state index contributed by atoms with van der Waals surface area (Å²) in [6, 6.07) is 10.1. The lowest BCUT2D eigenvalue weighted by atomic mass is 10.0. The molecule has 0 atom stereocenters. The summed E-state index contributed by atoms with van der Waals surface area (Å²) in [6.45, 7) is 1.03. The van der Waals surface area contributed by atoms with Gasteiger partial charge in [-0.3, -0.25) is 20.4 Å². The number of thiophene rings is 1. The van der Waals surface area contributed by atoms with Crippen LogP contribution in [0.15, 0.2) is 46.5 Å². The molecule has 0 aliphatic carbocycles. The van der Waals surface area contributed by atoms with Crippen LogP contribution < -0.4 is 15.8 Å². The summed E-state index contributed by atoms with van der Waals surface area (Å²) >= 11 is 2.99. The highest BCUT2D eigenvalue weighted by atomic mass is 32.1. The van der Waals surface area contributed by atoms with Crippen molar-refractivity contribution in [1.82, 2.24) is 15.8 Å². The highest BCUT2D eigenvalue weighted by molar-refractivity contribution is 7.14. The summed E-state index contributed by atoms with van der Waals surface area (Å²) in [4.78, 5) is 30.9. The van der Waals surface area contributed by atoms with E-state index >= 15 is 0 Å². The lowest BCUT2D eigenvalue weighted by Crippen LogP contribution is -2.47. The van der Waals surface area contributed by atoms with E-state index < -0.39 is 5.91 Å². The van der Waals surface area contributed by atoms with Crippen LogP contribution in [0.25, 0.3) is 10.6 Å². The summed E-state index contributed by atoms with van der Waals surface area (Å²) in [5.41, 5.74) is 8.58. The zero-order valence-corrected chi connectivity index (χ0v) is 16.1. The van der Waals surface area contributed by atoms with Gasteiger partial charge in [-0.25, -0.2) is 4.98 Å². The Morgan fingerprint density at radius 1 is 1.15 bits per heavy atom. The predicted octanol–water partition coefficient (Wildman–Crippen LogP) is 3.09. The second-order valence-corrected chi connectivity index (χ2v) is 7.84. The van der Waals surface area contributed by atoms with Gasteiger partial charge in [-0.15, -0.1) is 11.3 Å². The normalized spacial score (nSPS) is 13.1. The van der Waals surface area contributed by atoms with Crippen LogP contribution in [-0.2, 0) is 11.2 Å². The molecule has 1 aromatic carbocycles. The van der Waals surface area contributed by atoms with Gasteiger partial charge in [0.1, 0.15) is 10.7 Å². The predicted molar refractivity (Wildman–Crippen MR) is 108 cm³/mol. The van der Waals surface area contributed by atoms with Gasteiger partial charge in [-0.2, -0.15) is 11.3 Å². The SMILES string of the molecule is O=C(CN1CCCc2ccccc21)NNC(=O)c1csc(-c2ccsc2)n1. The summed E-state index contributed by atoms with van der Waals surface area (Å²) in [5.74, 6) is -0.673. The molecule has 0 unspecified atom stereocenters. The number of carbonyl (C=O) groups is 2. The Kier molecular flexibility index (Phi) is 5.17. The highest BCUT2D eigenvalue weighted by Gasteiger charge is 2.19. The molecule has 0 radical (unpaired) electrons. The number of rotatable bonds is 4. The number of aromatic nitrogens is 1.